The first-order chi connectivity index (χ1) is 12.5. The molecule has 0 saturated carbocycles. The van der Waals surface area contributed by atoms with Gasteiger partial charge in [-0.3, -0.25) is 0 Å². The molecule has 1 unspecified atom stereocenters. The minimum Gasteiger partial charge on any atom is -0.479 e. The summed E-state index contributed by atoms with van der Waals surface area (Å²) in [5.74, 6) is 1.48. The Morgan fingerprint density at radius 2 is 1.46 bits per heavy atom. The van der Waals surface area contributed by atoms with Crippen LogP contribution in [-0.2, 0) is 9.63 Å². The zero-order chi connectivity index (χ0) is 18.9. The maximum absolute atomic E-state index is 11.9. The van der Waals surface area contributed by atoms with Crippen molar-refractivity contribution in [1.82, 2.24) is 0 Å². The lowest BCUT2D eigenvalue weighted by atomic mass is 10.2. The van der Waals surface area contributed by atoms with Crippen LogP contribution in [0.25, 0.3) is 0 Å². The molecule has 6 heteroatoms. The monoisotopic (exact) mass is 467 g/mol. The van der Waals surface area contributed by atoms with Gasteiger partial charge in [0.05, 0.1) is 5.71 Å². The van der Waals surface area contributed by atoms with Gasteiger partial charge in [-0.25, -0.2) is 4.79 Å². The third kappa shape index (κ3) is 6.33. The lowest BCUT2D eigenvalue weighted by molar-refractivity contribution is -0.151. The molecule has 5 nitrogen and oxygen atoms in total. The number of benzene rings is 2. The fourth-order valence-electron chi connectivity index (χ4n) is 2.04. The Hall–Kier alpha value is -2.09. The zero-order valence-electron chi connectivity index (χ0n) is 15.1. The standard InChI is InChI=1S/C20H22INO4/c1-4-16(5-2)22-26-20(23)14(3)24-17-10-12-19(13-11-17)25-18-8-6-15(21)7-9-18/h6-14H,4-5H2,1-3H3. The third-order valence-electron chi connectivity index (χ3n) is 3.60. The van der Waals surface area contributed by atoms with Crippen molar-refractivity contribution in [3.8, 4) is 17.2 Å². The molecule has 138 valence electrons. The Morgan fingerprint density at radius 1 is 0.962 bits per heavy atom. The number of rotatable bonds is 8. The van der Waals surface area contributed by atoms with E-state index in [1.54, 1.807) is 31.2 Å². The van der Waals surface area contributed by atoms with Gasteiger partial charge in [0.2, 0.25) is 0 Å². The Morgan fingerprint density at radius 3 is 2.00 bits per heavy atom. The van der Waals surface area contributed by atoms with Crippen molar-refractivity contribution in [2.45, 2.75) is 39.7 Å². The topological polar surface area (TPSA) is 57.1 Å². The van der Waals surface area contributed by atoms with Crippen molar-refractivity contribution in [2.75, 3.05) is 0 Å². The van der Waals surface area contributed by atoms with E-state index in [9.17, 15) is 4.79 Å². The summed E-state index contributed by atoms with van der Waals surface area (Å²) in [6.07, 6.45) is 0.749. The maximum atomic E-state index is 11.9. The van der Waals surface area contributed by atoms with Crippen molar-refractivity contribution in [2.24, 2.45) is 5.16 Å². The minimum absolute atomic E-state index is 0.524. The van der Waals surface area contributed by atoms with E-state index < -0.39 is 12.1 Å². The van der Waals surface area contributed by atoms with Crippen molar-refractivity contribution in [1.29, 1.82) is 0 Å². The molecule has 26 heavy (non-hydrogen) atoms. The number of nitrogens with zero attached hydrogens (tertiary/aromatic N) is 1. The summed E-state index contributed by atoms with van der Waals surface area (Å²) in [5.41, 5.74) is 0.836. The number of carbonyl (C=O) groups is 1. The average molecular weight is 467 g/mol. The number of halogens is 1. The quantitative estimate of drug-likeness (QED) is 0.221. The van der Waals surface area contributed by atoms with Crippen molar-refractivity contribution in [3.63, 3.8) is 0 Å². The Kier molecular flexibility index (Phi) is 7.90. The molecule has 0 fully saturated rings. The summed E-state index contributed by atoms with van der Waals surface area (Å²) < 4.78 is 12.5. The van der Waals surface area contributed by atoms with Gasteiger partial charge in [0.25, 0.3) is 0 Å². The Balaban J connectivity index is 1.90. The largest absolute Gasteiger partial charge is 0.479 e. The number of hydrogen-bond donors (Lipinski definition) is 0. The van der Waals surface area contributed by atoms with Crippen LogP contribution in [0.5, 0.6) is 17.2 Å². The third-order valence-corrected chi connectivity index (χ3v) is 4.32. The molecule has 0 N–H and O–H groups in total. The molecule has 2 aromatic carbocycles. The first kappa shape index (κ1) is 20.2. The fourth-order valence-corrected chi connectivity index (χ4v) is 2.40. The zero-order valence-corrected chi connectivity index (χ0v) is 17.2. The predicted molar refractivity (Wildman–Crippen MR) is 110 cm³/mol. The highest BCUT2D eigenvalue weighted by molar-refractivity contribution is 14.1. The predicted octanol–water partition coefficient (Wildman–Crippen LogP) is 5.57. The molecule has 0 aliphatic carbocycles. The summed E-state index contributed by atoms with van der Waals surface area (Å²) in [4.78, 5) is 16.9. The van der Waals surface area contributed by atoms with Crippen LogP contribution in [0.15, 0.2) is 53.7 Å². The van der Waals surface area contributed by atoms with Gasteiger partial charge in [-0.05, 0) is 90.9 Å². The molecule has 0 amide bonds. The molecule has 0 aromatic heterocycles. The normalized spacial score (nSPS) is 11.4. The van der Waals surface area contributed by atoms with Crippen LogP contribution >= 0.6 is 22.6 Å². The van der Waals surface area contributed by atoms with E-state index in [-0.39, 0.29) is 0 Å². The molecular weight excluding hydrogens is 445 g/mol. The summed E-state index contributed by atoms with van der Waals surface area (Å²) in [6, 6.07) is 14.8. The molecule has 1 atom stereocenters. The second kappa shape index (κ2) is 10.2. The van der Waals surface area contributed by atoms with Gasteiger partial charge >= 0.3 is 5.97 Å². The van der Waals surface area contributed by atoms with Crippen LogP contribution in [0.3, 0.4) is 0 Å². The van der Waals surface area contributed by atoms with E-state index >= 15 is 0 Å². The summed E-state index contributed by atoms with van der Waals surface area (Å²) in [7, 11) is 0. The van der Waals surface area contributed by atoms with E-state index in [1.807, 2.05) is 38.1 Å². The number of carbonyl (C=O) groups excluding carboxylic acids is 1. The van der Waals surface area contributed by atoms with E-state index in [0.29, 0.717) is 11.5 Å². The van der Waals surface area contributed by atoms with Crippen LogP contribution in [0.1, 0.15) is 33.6 Å². The van der Waals surface area contributed by atoms with Crippen molar-refractivity contribution >= 4 is 34.3 Å². The lowest BCUT2D eigenvalue weighted by Crippen LogP contribution is -2.25. The highest BCUT2D eigenvalue weighted by Gasteiger charge is 2.17. The van der Waals surface area contributed by atoms with Crippen molar-refractivity contribution < 1.29 is 19.1 Å². The van der Waals surface area contributed by atoms with Gasteiger partial charge < -0.3 is 14.3 Å². The number of oxime groups is 1. The smallest absolute Gasteiger partial charge is 0.374 e. The van der Waals surface area contributed by atoms with Crippen molar-refractivity contribution in [3.05, 3.63) is 52.1 Å². The highest BCUT2D eigenvalue weighted by atomic mass is 127. The fraction of sp³-hybridized carbons (Fsp3) is 0.300. The molecule has 2 aromatic rings. The first-order valence-corrected chi connectivity index (χ1v) is 9.56. The van der Waals surface area contributed by atoms with Crippen LogP contribution in [-0.4, -0.2) is 17.8 Å². The lowest BCUT2D eigenvalue weighted by Gasteiger charge is -2.13. The van der Waals surface area contributed by atoms with Crippen LogP contribution < -0.4 is 9.47 Å². The molecule has 2 rings (SSSR count). The average Bonchev–Trinajstić information content (AvgIpc) is 2.65. The molecule has 0 aliphatic heterocycles. The van der Waals surface area contributed by atoms with Gasteiger partial charge in [-0.2, -0.15) is 0 Å². The van der Waals surface area contributed by atoms with E-state index in [1.165, 1.54) is 0 Å². The van der Waals surface area contributed by atoms with Crippen LogP contribution in [0, 0.1) is 3.57 Å². The molecule has 0 bridgehead atoms. The second-order valence-corrected chi connectivity index (χ2v) is 6.81. The highest BCUT2D eigenvalue weighted by Crippen LogP contribution is 2.25. The maximum Gasteiger partial charge on any atom is 0.374 e. The van der Waals surface area contributed by atoms with Gasteiger partial charge in [0.15, 0.2) is 6.10 Å². The SMILES string of the molecule is CCC(CC)=NOC(=O)C(C)Oc1ccc(Oc2ccc(I)cc2)cc1. The molecule has 0 saturated heterocycles. The summed E-state index contributed by atoms with van der Waals surface area (Å²) >= 11 is 2.24. The number of hydrogen-bond acceptors (Lipinski definition) is 5. The Labute approximate surface area is 167 Å². The minimum atomic E-state index is -0.753. The summed E-state index contributed by atoms with van der Waals surface area (Å²) in [5, 5.41) is 3.86. The van der Waals surface area contributed by atoms with Gasteiger partial charge in [0, 0.05) is 3.57 Å². The van der Waals surface area contributed by atoms with Gasteiger partial charge in [-0.1, -0.05) is 19.0 Å². The molecular formula is C20H22INO4. The molecule has 0 radical (unpaired) electrons. The molecule has 0 heterocycles. The van der Waals surface area contributed by atoms with Gasteiger partial charge in [-0.15, -0.1) is 0 Å². The molecule has 0 aliphatic rings. The van der Waals surface area contributed by atoms with Crippen LogP contribution in [0.2, 0.25) is 0 Å². The van der Waals surface area contributed by atoms with Crippen LogP contribution in [0.4, 0.5) is 0 Å². The van der Waals surface area contributed by atoms with E-state index in [0.717, 1.165) is 27.9 Å². The number of ether oxygens (including phenoxy) is 2. The Bertz CT molecular complexity index is 735. The second-order valence-electron chi connectivity index (χ2n) is 5.56. The first-order valence-electron chi connectivity index (χ1n) is 8.48. The molecule has 0 spiro atoms. The van der Waals surface area contributed by atoms with E-state index in [2.05, 4.69) is 27.7 Å². The van der Waals surface area contributed by atoms with Gasteiger partial charge in [0.1, 0.15) is 17.2 Å². The summed E-state index contributed by atoms with van der Waals surface area (Å²) in [6.45, 7) is 5.57. The van der Waals surface area contributed by atoms with E-state index in [4.69, 9.17) is 14.3 Å².